The van der Waals surface area contributed by atoms with Crippen molar-refractivity contribution >= 4 is 26.0 Å². The standard InChI is InChI=1S/C15H23BrN2O2S/c1-3-18(10-12-5-4-6-12)21(19,20)14-8-13(9-17)7-11(2)15(14)16/h7-8,12H,3-6,9-10,17H2,1-2H3. The van der Waals surface area contributed by atoms with E-state index in [2.05, 4.69) is 15.9 Å². The van der Waals surface area contributed by atoms with E-state index in [9.17, 15) is 8.42 Å². The van der Waals surface area contributed by atoms with Crippen LogP contribution in [0.3, 0.4) is 0 Å². The first-order valence-corrected chi connectivity index (χ1v) is 9.62. The Balaban J connectivity index is 2.39. The van der Waals surface area contributed by atoms with Crippen LogP contribution in [0.2, 0.25) is 0 Å². The Kier molecular flexibility index (Phi) is 5.46. The minimum Gasteiger partial charge on any atom is -0.326 e. The number of hydrogen-bond acceptors (Lipinski definition) is 3. The minimum atomic E-state index is -3.48. The van der Waals surface area contributed by atoms with Crippen LogP contribution in [0.25, 0.3) is 0 Å². The summed E-state index contributed by atoms with van der Waals surface area (Å²) in [5.41, 5.74) is 7.42. The SMILES string of the molecule is CCN(CC1CCC1)S(=O)(=O)c1cc(CN)cc(C)c1Br. The van der Waals surface area contributed by atoms with Gasteiger partial charge in [-0.05, 0) is 58.8 Å². The second-order valence-electron chi connectivity index (χ2n) is 5.68. The molecule has 0 amide bonds. The zero-order valence-corrected chi connectivity index (χ0v) is 15.0. The van der Waals surface area contributed by atoms with Crippen molar-refractivity contribution in [3.63, 3.8) is 0 Å². The molecule has 0 bridgehead atoms. The number of halogens is 1. The molecular weight excluding hydrogens is 352 g/mol. The molecule has 2 N–H and O–H groups in total. The highest BCUT2D eigenvalue weighted by atomic mass is 79.9. The van der Waals surface area contributed by atoms with Crippen LogP contribution in [0.1, 0.15) is 37.3 Å². The van der Waals surface area contributed by atoms with Crippen LogP contribution in [-0.4, -0.2) is 25.8 Å². The van der Waals surface area contributed by atoms with Gasteiger partial charge in [-0.1, -0.05) is 19.4 Å². The number of nitrogens with two attached hydrogens (primary N) is 1. The molecule has 0 saturated heterocycles. The fourth-order valence-electron chi connectivity index (χ4n) is 2.61. The van der Waals surface area contributed by atoms with E-state index in [1.165, 1.54) is 6.42 Å². The first kappa shape index (κ1) is 16.9. The van der Waals surface area contributed by atoms with Crippen LogP contribution < -0.4 is 5.73 Å². The Hall–Kier alpha value is -0.430. The maximum Gasteiger partial charge on any atom is 0.244 e. The number of aryl methyl sites for hydroxylation is 1. The third-order valence-electron chi connectivity index (χ3n) is 4.17. The van der Waals surface area contributed by atoms with Gasteiger partial charge in [-0.3, -0.25) is 0 Å². The number of benzene rings is 1. The second kappa shape index (κ2) is 6.77. The van der Waals surface area contributed by atoms with Crippen molar-refractivity contribution in [2.45, 2.75) is 44.6 Å². The predicted molar refractivity (Wildman–Crippen MR) is 88.5 cm³/mol. The van der Waals surface area contributed by atoms with Gasteiger partial charge in [0.15, 0.2) is 0 Å². The predicted octanol–water partition coefficient (Wildman–Crippen LogP) is 3.03. The first-order valence-electron chi connectivity index (χ1n) is 7.39. The summed E-state index contributed by atoms with van der Waals surface area (Å²) in [5, 5.41) is 0. The second-order valence-corrected chi connectivity index (χ2v) is 8.38. The molecule has 1 fully saturated rings. The van der Waals surface area contributed by atoms with Gasteiger partial charge < -0.3 is 5.73 Å². The van der Waals surface area contributed by atoms with Crippen LogP contribution in [0.15, 0.2) is 21.5 Å². The van der Waals surface area contributed by atoms with E-state index in [-0.39, 0.29) is 0 Å². The fraction of sp³-hybridized carbons (Fsp3) is 0.600. The normalized spacial score (nSPS) is 16.2. The summed E-state index contributed by atoms with van der Waals surface area (Å²) >= 11 is 3.43. The van der Waals surface area contributed by atoms with Crippen molar-refractivity contribution in [3.05, 3.63) is 27.7 Å². The van der Waals surface area contributed by atoms with Gasteiger partial charge in [0.25, 0.3) is 0 Å². The molecule has 0 spiro atoms. The van der Waals surface area contributed by atoms with Crippen molar-refractivity contribution in [1.29, 1.82) is 0 Å². The molecule has 1 aromatic carbocycles. The van der Waals surface area contributed by atoms with Crippen molar-refractivity contribution in [2.24, 2.45) is 11.7 Å². The number of sulfonamides is 1. The summed E-state index contributed by atoms with van der Waals surface area (Å²) in [4.78, 5) is 0.337. The molecule has 21 heavy (non-hydrogen) atoms. The lowest BCUT2D eigenvalue weighted by Gasteiger charge is -2.31. The summed E-state index contributed by atoms with van der Waals surface area (Å²) in [6.07, 6.45) is 3.48. The van der Waals surface area contributed by atoms with E-state index < -0.39 is 10.0 Å². The Labute approximate surface area is 135 Å². The molecule has 2 rings (SSSR count). The average molecular weight is 375 g/mol. The number of nitrogens with zero attached hydrogens (tertiary/aromatic N) is 1. The highest BCUT2D eigenvalue weighted by Crippen LogP contribution is 2.32. The molecule has 0 aromatic heterocycles. The quantitative estimate of drug-likeness (QED) is 0.831. The summed E-state index contributed by atoms with van der Waals surface area (Å²) in [7, 11) is -3.48. The highest BCUT2D eigenvalue weighted by Gasteiger charge is 2.30. The first-order chi connectivity index (χ1) is 9.90. The lowest BCUT2D eigenvalue weighted by atomic mass is 9.85. The Morgan fingerprint density at radius 2 is 2.05 bits per heavy atom. The molecule has 4 nitrogen and oxygen atoms in total. The number of rotatable bonds is 6. The van der Waals surface area contributed by atoms with Gasteiger partial charge in [0, 0.05) is 24.1 Å². The zero-order chi connectivity index (χ0) is 15.6. The molecule has 0 heterocycles. The molecule has 1 aliphatic rings. The molecule has 6 heteroatoms. The maximum atomic E-state index is 12.9. The lowest BCUT2D eigenvalue weighted by molar-refractivity contribution is 0.250. The van der Waals surface area contributed by atoms with Gasteiger partial charge in [0.2, 0.25) is 10.0 Å². The average Bonchev–Trinajstić information content (AvgIpc) is 2.40. The van der Waals surface area contributed by atoms with Crippen LogP contribution in [0, 0.1) is 12.8 Å². The Morgan fingerprint density at radius 1 is 1.38 bits per heavy atom. The smallest absolute Gasteiger partial charge is 0.244 e. The summed E-state index contributed by atoms with van der Waals surface area (Å²) in [6, 6.07) is 3.61. The molecule has 0 atom stereocenters. The van der Waals surface area contributed by atoms with E-state index in [1.807, 2.05) is 19.9 Å². The highest BCUT2D eigenvalue weighted by molar-refractivity contribution is 9.10. The summed E-state index contributed by atoms with van der Waals surface area (Å²) in [6.45, 7) is 5.24. The monoisotopic (exact) mass is 374 g/mol. The van der Waals surface area contributed by atoms with E-state index in [0.29, 0.717) is 34.9 Å². The Bertz CT molecular complexity index is 612. The lowest BCUT2D eigenvalue weighted by Crippen LogP contribution is -2.37. The van der Waals surface area contributed by atoms with Gasteiger partial charge in [0.05, 0.1) is 4.90 Å². The van der Waals surface area contributed by atoms with E-state index in [0.717, 1.165) is 24.0 Å². The van der Waals surface area contributed by atoms with Crippen LogP contribution in [0.4, 0.5) is 0 Å². The van der Waals surface area contributed by atoms with Crippen molar-refractivity contribution in [2.75, 3.05) is 13.1 Å². The van der Waals surface area contributed by atoms with Crippen LogP contribution in [0.5, 0.6) is 0 Å². The molecular formula is C15H23BrN2O2S. The minimum absolute atomic E-state index is 0.337. The van der Waals surface area contributed by atoms with Gasteiger partial charge >= 0.3 is 0 Å². The molecule has 0 unspecified atom stereocenters. The number of hydrogen-bond donors (Lipinski definition) is 1. The van der Waals surface area contributed by atoms with Gasteiger partial charge in [-0.25, -0.2) is 8.42 Å². The van der Waals surface area contributed by atoms with Gasteiger partial charge in [0.1, 0.15) is 0 Å². The molecule has 0 radical (unpaired) electrons. The van der Waals surface area contributed by atoms with E-state index in [4.69, 9.17) is 5.73 Å². The van der Waals surface area contributed by atoms with Crippen LogP contribution in [-0.2, 0) is 16.6 Å². The fourth-order valence-corrected chi connectivity index (χ4v) is 5.17. The zero-order valence-electron chi connectivity index (χ0n) is 12.6. The largest absolute Gasteiger partial charge is 0.326 e. The van der Waals surface area contributed by atoms with Gasteiger partial charge in [-0.15, -0.1) is 0 Å². The summed E-state index contributed by atoms with van der Waals surface area (Å²) < 4.78 is 28.1. The maximum absolute atomic E-state index is 12.9. The third kappa shape index (κ3) is 3.50. The summed E-state index contributed by atoms with van der Waals surface area (Å²) in [5.74, 6) is 0.511. The van der Waals surface area contributed by atoms with Crippen molar-refractivity contribution < 1.29 is 8.42 Å². The molecule has 0 aliphatic heterocycles. The third-order valence-corrected chi connectivity index (χ3v) is 7.45. The molecule has 118 valence electrons. The van der Waals surface area contributed by atoms with E-state index in [1.54, 1.807) is 10.4 Å². The topological polar surface area (TPSA) is 63.4 Å². The van der Waals surface area contributed by atoms with Crippen molar-refractivity contribution in [3.8, 4) is 0 Å². The molecule has 1 saturated carbocycles. The van der Waals surface area contributed by atoms with Crippen molar-refractivity contribution in [1.82, 2.24) is 4.31 Å². The van der Waals surface area contributed by atoms with E-state index >= 15 is 0 Å². The molecule has 1 aromatic rings. The Morgan fingerprint density at radius 3 is 2.52 bits per heavy atom. The van der Waals surface area contributed by atoms with Crippen LogP contribution >= 0.6 is 15.9 Å². The molecule has 1 aliphatic carbocycles. The van der Waals surface area contributed by atoms with Gasteiger partial charge in [-0.2, -0.15) is 4.31 Å².